The molecule has 2 heterocycles. The summed E-state index contributed by atoms with van der Waals surface area (Å²) in [6.45, 7) is -1.44. The summed E-state index contributed by atoms with van der Waals surface area (Å²) in [4.78, 5) is 54.3. The van der Waals surface area contributed by atoms with E-state index in [4.69, 9.17) is 28.7 Å². The molecule has 2 aliphatic rings. The van der Waals surface area contributed by atoms with Crippen LogP contribution in [0.1, 0.15) is 13.8 Å². The van der Waals surface area contributed by atoms with Crippen LogP contribution in [-0.4, -0.2) is 184 Å². The Hall–Kier alpha value is -1.60. The molecule has 14 atom stereocenters. The first-order valence-corrected chi connectivity index (χ1v) is 14.5. The molecule has 256 valence electrons. The van der Waals surface area contributed by atoms with Crippen LogP contribution in [0.2, 0.25) is 0 Å². The third-order valence-electron chi connectivity index (χ3n) is 6.85. The highest BCUT2D eigenvalue weighted by Crippen LogP contribution is 2.36. The van der Waals surface area contributed by atoms with Gasteiger partial charge in [0.05, 0.1) is 19.8 Å². The molecule has 11 N–H and O–H groups in total. The zero-order valence-corrected chi connectivity index (χ0v) is 24.2. The zero-order chi connectivity index (χ0) is 33.7. The van der Waals surface area contributed by atoms with Gasteiger partial charge in [-0.15, -0.1) is 0 Å². The Labute approximate surface area is 248 Å². The largest absolute Gasteiger partial charge is 0.469 e. The molecule has 0 aromatic carbocycles. The normalized spacial score (nSPS) is 35.8. The monoisotopic (exact) mass is 667 g/mol. The molecule has 0 saturated carbocycles. The number of hydrogen-bond donors (Lipinski definition) is 11. The van der Waals surface area contributed by atoms with E-state index in [0.717, 1.165) is 13.8 Å². The highest BCUT2D eigenvalue weighted by molar-refractivity contribution is 7.46. The number of aliphatic hydroxyl groups excluding tert-OH is 9. The number of ether oxygens (including phenoxy) is 4. The van der Waals surface area contributed by atoms with E-state index < -0.39 is 125 Å². The first-order valence-electron chi connectivity index (χ1n) is 13.0. The van der Waals surface area contributed by atoms with Crippen LogP contribution in [-0.2, 0) is 42.4 Å². The second-order valence-corrected chi connectivity index (χ2v) is 11.2. The molecule has 0 radical (unpaired) electrons. The molecule has 0 bridgehead atoms. The first-order chi connectivity index (χ1) is 20.4. The van der Waals surface area contributed by atoms with Gasteiger partial charge in [0, 0.05) is 13.8 Å². The van der Waals surface area contributed by atoms with Gasteiger partial charge in [-0.1, -0.05) is 0 Å². The van der Waals surface area contributed by atoms with Gasteiger partial charge in [0.2, 0.25) is 11.8 Å². The van der Waals surface area contributed by atoms with Gasteiger partial charge in [-0.05, 0) is 0 Å². The minimum Gasteiger partial charge on any atom is -0.394 e. The van der Waals surface area contributed by atoms with Crippen molar-refractivity contribution >= 4 is 25.9 Å². The average Bonchev–Trinajstić information content (AvgIpc) is 2.95. The first kappa shape index (κ1) is 38.6. The van der Waals surface area contributed by atoms with Crippen molar-refractivity contribution in [3.05, 3.63) is 0 Å². The molecule has 22 heteroatoms. The summed E-state index contributed by atoms with van der Waals surface area (Å²) in [6.07, 6.45) is -26.1. The van der Waals surface area contributed by atoms with Gasteiger partial charge in [-0.3, -0.25) is 19.0 Å². The van der Waals surface area contributed by atoms with E-state index in [0.29, 0.717) is 0 Å². The number of nitrogens with zero attached hydrogens (tertiary/aromatic N) is 1. The third-order valence-corrected chi connectivity index (χ3v) is 7.33. The summed E-state index contributed by atoms with van der Waals surface area (Å²) in [6, 6.07) is -2.08. The second kappa shape index (κ2) is 16.3. The van der Waals surface area contributed by atoms with Crippen molar-refractivity contribution in [2.24, 2.45) is 0 Å². The number of carbonyl (C=O) groups excluding carboxylic acids is 3. The van der Waals surface area contributed by atoms with Crippen LogP contribution < -0.4 is 0 Å². The lowest BCUT2D eigenvalue weighted by molar-refractivity contribution is -0.368. The molecule has 44 heavy (non-hydrogen) atoms. The van der Waals surface area contributed by atoms with Crippen LogP contribution in [0.5, 0.6) is 0 Å². The number of imide groups is 1. The molecule has 0 aliphatic carbocycles. The molecule has 2 saturated heterocycles. The molecular formula is C22H38NO20P. The maximum Gasteiger partial charge on any atom is 0.469 e. The van der Waals surface area contributed by atoms with Gasteiger partial charge >= 0.3 is 7.82 Å². The van der Waals surface area contributed by atoms with Crippen molar-refractivity contribution in [3.8, 4) is 0 Å². The number of phosphoric ester groups is 1. The molecule has 2 rings (SSSR count). The maximum atomic E-state index is 12.0. The Balaban J connectivity index is 2.44. The molecule has 0 aromatic rings. The van der Waals surface area contributed by atoms with Crippen molar-refractivity contribution in [1.82, 2.24) is 4.90 Å². The molecule has 0 unspecified atom stereocenters. The smallest absolute Gasteiger partial charge is 0.394 e. The fourth-order valence-electron chi connectivity index (χ4n) is 4.61. The molecule has 0 aromatic heterocycles. The van der Waals surface area contributed by atoms with Crippen LogP contribution >= 0.6 is 7.82 Å². The van der Waals surface area contributed by atoms with Gasteiger partial charge in [-0.2, -0.15) is 0 Å². The van der Waals surface area contributed by atoms with E-state index >= 15 is 0 Å². The number of aliphatic hydroxyl groups is 9. The van der Waals surface area contributed by atoms with E-state index in [1.807, 2.05) is 0 Å². The minimum atomic E-state index is -5.25. The minimum absolute atomic E-state index is 0.0795. The van der Waals surface area contributed by atoms with Gasteiger partial charge in [0.25, 0.3) is 0 Å². The topological polar surface area (TPSA) is 340 Å². The molecule has 2 fully saturated rings. The lowest BCUT2D eigenvalue weighted by Crippen LogP contribution is -2.66. The summed E-state index contributed by atoms with van der Waals surface area (Å²) in [7, 11) is -5.25. The Morgan fingerprint density at radius 3 is 1.86 bits per heavy atom. The number of hydrogen-bond acceptors (Lipinski definition) is 18. The number of carbonyl (C=O) groups is 3. The summed E-state index contributed by atoms with van der Waals surface area (Å²) in [5.41, 5.74) is 0. The molecule has 2 amide bonds. The molecular weight excluding hydrogens is 629 g/mol. The quantitative estimate of drug-likeness (QED) is 0.0605. The zero-order valence-electron chi connectivity index (χ0n) is 23.3. The predicted octanol–water partition coefficient (Wildman–Crippen LogP) is -7.21. The standard InChI is InChI=1S/C22H38NO20P/c1-7(27)23(8(2)28)9(3-24)13(30)19(10(29)6-39-44(36,37)38)42-22-18(35)20(15(32)12(5-26)41-22)43-21-17(34)16(33)14(31)11(4-25)40-21/h3,9-22,25-26,29-35H,4-6H2,1-2H3,(H2,36,37,38)/t9-,10+,11+,12+,13+,14+,15+,16-,17-,18-,19+,20-,21+,22-/m0/s1. The van der Waals surface area contributed by atoms with Crippen LogP contribution in [0.15, 0.2) is 0 Å². The van der Waals surface area contributed by atoms with Gasteiger partial charge in [0.1, 0.15) is 79.5 Å². The number of rotatable bonds is 14. The van der Waals surface area contributed by atoms with E-state index in [2.05, 4.69) is 4.52 Å². The summed E-state index contributed by atoms with van der Waals surface area (Å²) in [5.74, 6) is -2.09. The average molecular weight is 668 g/mol. The molecule has 2 aliphatic heterocycles. The van der Waals surface area contributed by atoms with E-state index in [1.165, 1.54) is 0 Å². The molecule has 21 nitrogen and oxygen atoms in total. The van der Waals surface area contributed by atoms with Crippen molar-refractivity contribution in [2.45, 2.75) is 99.6 Å². The Kier molecular flexibility index (Phi) is 14.3. The fourth-order valence-corrected chi connectivity index (χ4v) is 4.96. The fraction of sp³-hybridized carbons (Fsp3) is 0.864. The van der Waals surface area contributed by atoms with E-state index in [-0.39, 0.29) is 11.2 Å². The lowest BCUT2D eigenvalue weighted by Gasteiger charge is -2.47. The maximum absolute atomic E-state index is 12.0. The van der Waals surface area contributed by atoms with Crippen molar-refractivity contribution in [1.29, 1.82) is 0 Å². The Bertz CT molecular complexity index is 998. The van der Waals surface area contributed by atoms with Crippen LogP contribution in [0.4, 0.5) is 0 Å². The summed E-state index contributed by atoms with van der Waals surface area (Å²) < 4.78 is 36.8. The van der Waals surface area contributed by atoms with Gasteiger partial charge < -0.3 is 79.5 Å². The highest BCUT2D eigenvalue weighted by atomic mass is 31.2. The van der Waals surface area contributed by atoms with Crippen LogP contribution in [0.3, 0.4) is 0 Å². The van der Waals surface area contributed by atoms with Crippen molar-refractivity contribution in [3.63, 3.8) is 0 Å². The Morgan fingerprint density at radius 2 is 1.39 bits per heavy atom. The van der Waals surface area contributed by atoms with E-state index in [1.54, 1.807) is 0 Å². The van der Waals surface area contributed by atoms with Crippen molar-refractivity contribution < 1.29 is 98.2 Å². The summed E-state index contributed by atoms with van der Waals surface area (Å²) in [5, 5.41) is 92.8. The van der Waals surface area contributed by atoms with E-state index in [9.17, 15) is 64.9 Å². The van der Waals surface area contributed by atoms with Crippen LogP contribution in [0.25, 0.3) is 0 Å². The van der Waals surface area contributed by atoms with Gasteiger partial charge in [0.15, 0.2) is 12.6 Å². The number of amides is 2. The highest BCUT2D eigenvalue weighted by Gasteiger charge is 2.52. The third kappa shape index (κ3) is 9.24. The SMILES string of the molecule is CC(=O)N(C(C)=O)[C@@H](C=O)[C@@H](O)[C@H](O[C@@H]1O[C@H](CO)[C@@H](O)[C@H](O[C@H]2O[C@H](CO)[C@@H](O)[C@H](O)[C@@H]2O)[C@@H]1O)[C@H](O)COP(=O)(O)O. The van der Waals surface area contributed by atoms with Crippen LogP contribution in [0, 0.1) is 0 Å². The predicted molar refractivity (Wildman–Crippen MR) is 134 cm³/mol. The number of aldehydes is 1. The van der Waals surface area contributed by atoms with Gasteiger partial charge in [-0.25, -0.2) is 4.57 Å². The van der Waals surface area contributed by atoms with Crippen molar-refractivity contribution in [2.75, 3.05) is 19.8 Å². The molecule has 0 spiro atoms. The Morgan fingerprint density at radius 1 is 0.864 bits per heavy atom. The number of phosphoric acid groups is 1. The lowest BCUT2D eigenvalue weighted by atomic mass is 9.96. The summed E-state index contributed by atoms with van der Waals surface area (Å²) >= 11 is 0. The second-order valence-electron chi connectivity index (χ2n) is 9.98.